The van der Waals surface area contributed by atoms with E-state index >= 15 is 0 Å². The zero-order valence-corrected chi connectivity index (χ0v) is 14.4. The molecule has 2 heterocycles. The summed E-state index contributed by atoms with van der Waals surface area (Å²) in [5.74, 6) is 0.895. The van der Waals surface area contributed by atoms with Gasteiger partial charge in [0.25, 0.3) is 0 Å². The Morgan fingerprint density at radius 3 is 2.62 bits per heavy atom. The lowest BCUT2D eigenvalue weighted by molar-refractivity contribution is 0.835. The molecule has 2 rings (SSSR count). The summed E-state index contributed by atoms with van der Waals surface area (Å²) in [6.07, 6.45) is 0.966. The van der Waals surface area contributed by atoms with Crippen molar-refractivity contribution in [1.29, 1.82) is 0 Å². The zero-order chi connectivity index (χ0) is 15.1. The first kappa shape index (κ1) is 16.0. The normalized spacial score (nSPS) is 10.4. The number of aryl methyl sites for hydroxylation is 1. The highest BCUT2D eigenvalue weighted by Gasteiger charge is 2.06. The van der Waals surface area contributed by atoms with E-state index in [4.69, 9.17) is 0 Å². The quantitative estimate of drug-likeness (QED) is 0.634. The van der Waals surface area contributed by atoms with Gasteiger partial charge in [-0.3, -0.25) is 4.99 Å². The van der Waals surface area contributed by atoms with Gasteiger partial charge < -0.3 is 10.6 Å². The largest absolute Gasteiger partial charge is 0.357 e. The molecule has 0 aliphatic rings. The summed E-state index contributed by atoms with van der Waals surface area (Å²) in [6, 6.07) is 4.35. The smallest absolute Gasteiger partial charge is 0.191 e. The molecule has 2 aromatic rings. The van der Waals surface area contributed by atoms with Gasteiger partial charge in [0.1, 0.15) is 0 Å². The fourth-order valence-corrected chi connectivity index (χ4v) is 3.56. The molecule has 0 unspecified atom stereocenters. The maximum absolute atomic E-state index is 4.57. The van der Waals surface area contributed by atoms with Gasteiger partial charge in [-0.2, -0.15) is 0 Å². The number of aromatic nitrogens is 1. The van der Waals surface area contributed by atoms with E-state index in [2.05, 4.69) is 52.0 Å². The van der Waals surface area contributed by atoms with E-state index in [0.717, 1.165) is 42.7 Å². The minimum Gasteiger partial charge on any atom is -0.357 e. The molecule has 2 N–H and O–H groups in total. The Kier molecular flexibility index (Phi) is 6.20. The number of hydrogen-bond donors (Lipinski definition) is 2. The molecule has 0 aromatic carbocycles. The van der Waals surface area contributed by atoms with Gasteiger partial charge in [-0.05, 0) is 32.9 Å². The van der Waals surface area contributed by atoms with Crippen LogP contribution < -0.4 is 10.6 Å². The number of nitrogens with zero attached hydrogens (tertiary/aromatic N) is 2. The summed E-state index contributed by atoms with van der Waals surface area (Å²) >= 11 is 3.51. The van der Waals surface area contributed by atoms with E-state index in [-0.39, 0.29) is 0 Å². The third-order valence-corrected chi connectivity index (χ3v) is 4.79. The molecule has 4 nitrogen and oxygen atoms in total. The average molecular weight is 323 g/mol. The summed E-state index contributed by atoms with van der Waals surface area (Å²) < 4.78 is 0. The highest BCUT2D eigenvalue weighted by molar-refractivity contribution is 7.16. The minimum absolute atomic E-state index is 0.797. The van der Waals surface area contributed by atoms with E-state index in [9.17, 15) is 0 Å². The number of aliphatic imine (C=N–C) groups is 1. The molecule has 6 heteroatoms. The average Bonchev–Trinajstić information content (AvgIpc) is 3.08. The lowest BCUT2D eigenvalue weighted by Gasteiger charge is -2.08. The van der Waals surface area contributed by atoms with E-state index in [1.54, 1.807) is 11.3 Å². The van der Waals surface area contributed by atoms with Gasteiger partial charge in [-0.25, -0.2) is 4.98 Å². The Labute approximate surface area is 134 Å². The summed E-state index contributed by atoms with van der Waals surface area (Å²) in [6.45, 7) is 8.77. The Bertz CT molecular complexity index is 578. The van der Waals surface area contributed by atoms with Crippen LogP contribution >= 0.6 is 22.7 Å². The third-order valence-electron chi connectivity index (χ3n) is 2.85. The highest BCUT2D eigenvalue weighted by Crippen LogP contribution is 2.29. The molecule has 114 valence electrons. The Morgan fingerprint density at radius 1 is 1.24 bits per heavy atom. The maximum Gasteiger partial charge on any atom is 0.191 e. The minimum atomic E-state index is 0.797. The Balaban J connectivity index is 1.92. The van der Waals surface area contributed by atoms with Crippen LogP contribution in [-0.4, -0.2) is 30.6 Å². The monoisotopic (exact) mass is 322 g/mol. The molecular weight excluding hydrogens is 300 g/mol. The number of nitrogens with one attached hydrogen (secondary N) is 2. The predicted octanol–water partition coefficient (Wildman–Crippen LogP) is 3.30. The molecule has 0 saturated carbocycles. The summed E-state index contributed by atoms with van der Waals surface area (Å²) in [7, 11) is 0. The zero-order valence-electron chi connectivity index (χ0n) is 12.8. The Hall–Kier alpha value is -1.40. The lowest BCUT2D eigenvalue weighted by Crippen LogP contribution is -2.37. The van der Waals surface area contributed by atoms with Gasteiger partial charge in [0.05, 0.1) is 15.6 Å². The van der Waals surface area contributed by atoms with Crippen molar-refractivity contribution in [3.63, 3.8) is 0 Å². The van der Waals surface area contributed by atoms with Gasteiger partial charge in [0, 0.05) is 36.3 Å². The molecular formula is C15H22N4S2. The molecule has 0 amide bonds. The molecule has 0 bridgehead atoms. The molecule has 0 saturated heterocycles. The second-order valence-corrected chi connectivity index (χ2v) is 6.79. The fraction of sp³-hybridized carbons (Fsp3) is 0.467. The van der Waals surface area contributed by atoms with Crippen molar-refractivity contribution in [1.82, 2.24) is 15.6 Å². The third kappa shape index (κ3) is 4.82. The molecule has 0 aliphatic carbocycles. The van der Waals surface area contributed by atoms with Crippen molar-refractivity contribution in [3.8, 4) is 10.6 Å². The van der Waals surface area contributed by atoms with Crippen LogP contribution in [-0.2, 0) is 6.42 Å². The van der Waals surface area contributed by atoms with Gasteiger partial charge in [0.2, 0.25) is 0 Å². The van der Waals surface area contributed by atoms with E-state index in [1.165, 1.54) is 9.75 Å². The van der Waals surface area contributed by atoms with Crippen molar-refractivity contribution in [2.45, 2.75) is 27.2 Å². The second-order valence-electron chi connectivity index (χ2n) is 4.56. The van der Waals surface area contributed by atoms with Crippen LogP contribution in [0.25, 0.3) is 10.6 Å². The number of thiazole rings is 1. The summed E-state index contributed by atoms with van der Waals surface area (Å²) in [4.78, 5) is 11.7. The van der Waals surface area contributed by atoms with Crippen LogP contribution in [0.2, 0.25) is 0 Å². The van der Waals surface area contributed by atoms with Crippen LogP contribution in [0.3, 0.4) is 0 Å². The topological polar surface area (TPSA) is 49.3 Å². The van der Waals surface area contributed by atoms with E-state index in [1.807, 2.05) is 18.3 Å². The predicted molar refractivity (Wildman–Crippen MR) is 93.5 cm³/mol. The maximum atomic E-state index is 4.57. The van der Waals surface area contributed by atoms with Gasteiger partial charge in [0.15, 0.2) is 5.96 Å². The summed E-state index contributed by atoms with van der Waals surface area (Å²) in [5.41, 5.74) is 1.10. The molecule has 0 spiro atoms. The highest BCUT2D eigenvalue weighted by atomic mass is 32.1. The van der Waals surface area contributed by atoms with Crippen molar-refractivity contribution in [3.05, 3.63) is 27.4 Å². The first-order valence-corrected chi connectivity index (χ1v) is 8.96. The van der Waals surface area contributed by atoms with Gasteiger partial charge >= 0.3 is 0 Å². The Morgan fingerprint density at radius 2 is 2.00 bits per heavy atom. The van der Waals surface area contributed by atoms with Crippen LogP contribution in [0.5, 0.6) is 0 Å². The SMILES string of the molecule is CCNC(=NCCc1ccc(-c2csc(C)n2)s1)NCC. The van der Waals surface area contributed by atoms with Crippen LogP contribution in [0, 0.1) is 6.92 Å². The number of thiophene rings is 1. The molecule has 2 aromatic heterocycles. The van der Waals surface area contributed by atoms with E-state index < -0.39 is 0 Å². The second kappa shape index (κ2) is 8.14. The first-order chi connectivity index (χ1) is 10.2. The van der Waals surface area contributed by atoms with Gasteiger partial charge in [-0.15, -0.1) is 22.7 Å². The molecule has 0 radical (unpaired) electrons. The van der Waals surface area contributed by atoms with Crippen LogP contribution in [0.1, 0.15) is 23.7 Å². The molecule has 21 heavy (non-hydrogen) atoms. The van der Waals surface area contributed by atoms with Crippen molar-refractivity contribution >= 4 is 28.6 Å². The van der Waals surface area contributed by atoms with E-state index in [0.29, 0.717) is 0 Å². The standard InChI is InChI=1S/C15H22N4S2/c1-4-16-15(17-5-2)18-9-8-12-6-7-14(21-12)13-10-20-11(3)19-13/h6-7,10H,4-5,8-9H2,1-3H3,(H2,16,17,18). The number of guanidine groups is 1. The number of hydrogen-bond acceptors (Lipinski definition) is 4. The van der Waals surface area contributed by atoms with Crippen molar-refractivity contribution in [2.75, 3.05) is 19.6 Å². The van der Waals surface area contributed by atoms with Crippen LogP contribution in [0.4, 0.5) is 0 Å². The molecule has 0 fully saturated rings. The fourth-order valence-electron chi connectivity index (χ4n) is 1.91. The van der Waals surface area contributed by atoms with Crippen molar-refractivity contribution in [2.24, 2.45) is 4.99 Å². The molecule has 0 atom stereocenters. The van der Waals surface area contributed by atoms with Crippen LogP contribution in [0.15, 0.2) is 22.5 Å². The number of rotatable bonds is 6. The van der Waals surface area contributed by atoms with Gasteiger partial charge in [-0.1, -0.05) is 0 Å². The lowest BCUT2D eigenvalue weighted by atomic mass is 10.3. The summed E-state index contributed by atoms with van der Waals surface area (Å²) in [5, 5.41) is 9.71. The first-order valence-electron chi connectivity index (χ1n) is 7.26. The molecule has 0 aliphatic heterocycles. The van der Waals surface area contributed by atoms with Crippen molar-refractivity contribution < 1.29 is 0 Å².